The summed E-state index contributed by atoms with van der Waals surface area (Å²) in [5.41, 5.74) is 21.4. The van der Waals surface area contributed by atoms with Crippen molar-refractivity contribution in [2.45, 2.75) is 5.41 Å². The molecule has 1 aromatic heterocycles. The second-order valence-electron chi connectivity index (χ2n) is 19.2. The minimum Gasteiger partial charge on any atom is -0.456 e. The van der Waals surface area contributed by atoms with Crippen LogP contribution in [0.25, 0.3) is 88.3 Å². The summed E-state index contributed by atoms with van der Waals surface area (Å²) in [6.45, 7) is 0. The Bertz CT molecular complexity index is 4150. The fraction of sp³-hybridized carbons (Fsp3) is 0.0141. The highest BCUT2D eigenvalue weighted by Gasteiger charge is 2.46. The van der Waals surface area contributed by atoms with E-state index in [0.717, 1.165) is 55.7 Å². The highest BCUT2D eigenvalue weighted by Crippen LogP contribution is 2.57. The summed E-state index contributed by atoms with van der Waals surface area (Å²) >= 11 is 0. The lowest BCUT2D eigenvalue weighted by molar-refractivity contribution is 0.669. The maximum Gasteiger partial charge on any atom is 0.136 e. The lowest BCUT2D eigenvalue weighted by Crippen LogP contribution is -2.28. The van der Waals surface area contributed by atoms with Gasteiger partial charge in [-0.3, -0.25) is 0 Å². The molecule has 2 nitrogen and oxygen atoms in total. The highest BCUT2D eigenvalue weighted by molar-refractivity contribution is 6.06. The second-order valence-corrected chi connectivity index (χ2v) is 19.2. The van der Waals surface area contributed by atoms with Crippen molar-refractivity contribution in [3.63, 3.8) is 0 Å². The quantitative estimate of drug-likeness (QED) is 0.143. The minimum absolute atomic E-state index is 0.529. The van der Waals surface area contributed by atoms with Gasteiger partial charge in [-0.05, 0) is 161 Å². The third kappa shape index (κ3) is 7.18. The number of furan rings is 1. The van der Waals surface area contributed by atoms with Crippen molar-refractivity contribution in [2.75, 3.05) is 4.90 Å². The standard InChI is InChI=1S/C71H47NO/c1-3-21-58(22-4-1)71(59-23-5-2-6-24-59)67-27-11-9-25-63(67)64-42-40-62(47-68(64)71)72(61-38-33-50(34-39-61)57-35-41-66-65-26-10-12-28-69(65)73-70(66)46-57)60-36-31-49(32-37-60)52-17-13-18-53(43-52)54-19-14-20-55(45-54)56-30-29-48-15-7-8-16-51(48)44-56/h1-47H. The van der Waals surface area contributed by atoms with Crippen LogP contribution in [0.15, 0.2) is 290 Å². The largest absolute Gasteiger partial charge is 0.456 e. The molecule has 0 amide bonds. The van der Waals surface area contributed by atoms with Crippen LogP contribution in [0, 0.1) is 0 Å². The normalized spacial score (nSPS) is 12.5. The number of rotatable bonds is 9. The minimum atomic E-state index is -0.529. The Kier molecular flexibility index (Phi) is 10.1. The van der Waals surface area contributed by atoms with Gasteiger partial charge in [-0.15, -0.1) is 0 Å². The monoisotopic (exact) mass is 929 g/mol. The summed E-state index contributed by atoms with van der Waals surface area (Å²) in [5, 5.41) is 4.77. The van der Waals surface area contributed by atoms with E-state index in [2.05, 4.69) is 278 Å². The van der Waals surface area contributed by atoms with E-state index in [9.17, 15) is 0 Å². The van der Waals surface area contributed by atoms with E-state index >= 15 is 0 Å². The van der Waals surface area contributed by atoms with Crippen LogP contribution >= 0.6 is 0 Å². The number of nitrogens with zero attached hydrogens (tertiary/aromatic N) is 1. The maximum atomic E-state index is 6.33. The maximum absolute atomic E-state index is 6.33. The molecule has 0 atom stereocenters. The van der Waals surface area contributed by atoms with Gasteiger partial charge in [0.2, 0.25) is 0 Å². The fourth-order valence-corrected chi connectivity index (χ4v) is 11.7. The van der Waals surface area contributed by atoms with Gasteiger partial charge in [-0.2, -0.15) is 0 Å². The molecule has 1 aliphatic carbocycles. The Morgan fingerprint density at radius 1 is 0.260 bits per heavy atom. The number of hydrogen-bond acceptors (Lipinski definition) is 2. The summed E-state index contributed by atoms with van der Waals surface area (Å²) in [6.07, 6.45) is 0. The third-order valence-electron chi connectivity index (χ3n) is 15.1. The number of anilines is 3. The van der Waals surface area contributed by atoms with E-state index in [1.807, 2.05) is 12.1 Å². The van der Waals surface area contributed by atoms with Gasteiger partial charge in [0.15, 0.2) is 0 Å². The van der Waals surface area contributed by atoms with E-state index in [4.69, 9.17) is 4.42 Å². The van der Waals surface area contributed by atoms with Gasteiger partial charge in [0.1, 0.15) is 11.2 Å². The zero-order valence-electron chi connectivity index (χ0n) is 40.0. The number of fused-ring (bicyclic) bond motifs is 7. The molecule has 13 aromatic rings. The molecular formula is C71H47NO. The molecule has 12 aromatic carbocycles. The van der Waals surface area contributed by atoms with E-state index in [1.165, 1.54) is 72.0 Å². The molecule has 0 spiro atoms. The van der Waals surface area contributed by atoms with Crippen molar-refractivity contribution >= 4 is 49.8 Å². The van der Waals surface area contributed by atoms with Gasteiger partial charge in [0.05, 0.1) is 5.41 Å². The molecule has 0 unspecified atom stereocenters. The van der Waals surface area contributed by atoms with Gasteiger partial charge >= 0.3 is 0 Å². The third-order valence-corrected chi connectivity index (χ3v) is 15.1. The lowest BCUT2D eigenvalue weighted by atomic mass is 9.67. The van der Waals surface area contributed by atoms with Gasteiger partial charge in [0.25, 0.3) is 0 Å². The number of hydrogen-bond donors (Lipinski definition) is 0. The first-order valence-electron chi connectivity index (χ1n) is 25.1. The molecule has 0 aliphatic heterocycles. The van der Waals surface area contributed by atoms with E-state index in [-0.39, 0.29) is 0 Å². The van der Waals surface area contributed by atoms with Gasteiger partial charge in [-0.25, -0.2) is 0 Å². The second kappa shape index (κ2) is 17.4. The summed E-state index contributed by atoms with van der Waals surface area (Å²) < 4.78 is 6.33. The van der Waals surface area contributed by atoms with Crippen molar-refractivity contribution in [3.05, 3.63) is 307 Å². The summed E-state index contributed by atoms with van der Waals surface area (Å²) in [5.74, 6) is 0. The SMILES string of the molecule is c1ccc(C2(c3ccccc3)c3ccccc3-c3ccc(N(c4ccc(-c5cccc(-c6cccc(-c7ccc8ccccc8c7)c6)c5)cc4)c4ccc(-c5ccc6c(c5)oc5ccccc56)cc4)cc32)cc1. The Morgan fingerprint density at radius 3 is 1.41 bits per heavy atom. The average molecular weight is 930 g/mol. The van der Waals surface area contributed by atoms with E-state index in [1.54, 1.807) is 0 Å². The van der Waals surface area contributed by atoms with Crippen LogP contribution in [0.4, 0.5) is 17.1 Å². The zero-order chi connectivity index (χ0) is 48.3. The van der Waals surface area contributed by atoms with Gasteiger partial charge < -0.3 is 9.32 Å². The first kappa shape index (κ1) is 42.4. The molecule has 0 radical (unpaired) electrons. The lowest BCUT2D eigenvalue weighted by Gasteiger charge is -2.35. The smallest absolute Gasteiger partial charge is 0.136 e. The number of benzene rings is 12. The predicted octanol–water partition coefficient (Wildman–Crippen LogP) is 19.2. The van der Waals surface area contributed by atoms with Crippen LogP contribution in [0.5, 0.6) is 0 Å². The van der Waals surface area contributed by atoms with Gasteiger partial charge in [-0.1, -0.05) is 212 Å². The van der Waals surface area contributed by atoms with Crippen molar-refractivity contribution in [1.29, 1.82) is 0 Å². The molecule has 0 saturated heterocycles. The molecule has 1 heterocycles. The topological polar surface area (TPSA) is 16.4 Å². The molecule has 342 valence electrons. The molecule has 0 N–H and O–H groups in total. The first-order chi connectivity index (χ1) is 36.2. The summed E-state index contributed by atoms with van der Waals surface area (Å²) in [4.78, 5) is 2.41. The van der Waals surface area contributed by atoms with E-state index in [0.29, 0.717) is 0 Å². The highest BCUT2D eigenvalue weighted by atomic mass is 16.3. The van der Waals surface area contributed by atoms with Crippen molar-refractivity contribution in [3.8, 4) is 55.6 Å². The Balaban J connectivity index is 0.873. The van der Waals surface area contributed by atoms with Gasteiger partial charge in [0, 0.05) is 27.8 Å². The van der Waals surface area contributed by atoms with Crippen LogP contribution in [0.3, 0.4) is 0 Å². The summed E-state index contributed by atoms with van der Waals surface area (Å²) in [6, 6.07) is 104. The Morgan fingerprint density at radius 2 is 0.740 bits per heavy atom. The number of para-hydroxylation sites is 1. The molecule has 0 bridgehead atoms. The van der Waals surface area contributed by atoms with Crippen LogP contribution in [-0.4, -0.2) is 0 Å². The Labute approximate surface area is 425 Å². The zero-order valence-corrected chi connectivity index (χ0v) is 40.0. The molecule has 73 heavy (non-hydrogen) atoms. The van der Waals surface area contributed by atoms with Crippen LogP contribution < -0.4 is 4.90 Å². The fourth-order valence-electron chi connectivity index (χ4n) is 11.7. The van der Waals surface area contributed by atoms with Crippen molar-refractivity contribution < 1.29 is 4.42 Å². The molecule has 0 fully saturated rings. The predicted molar refractivity (Wildman–Crippen MR) is 305 cm³/mol. The first-order valence-corrected chi connectivity index (χ1v) is 25.1. The Hall–Kier alpha value is -9.50. The van der Waals surface area contributed by atoms with Crippen LogP contribution in [-0.2, 0) is 5.41 Å². The molecule has 14 rings (SSSR count). The van der Waals surface area contributed by atoms with Crippen LogP contribution in [0.2, 0.25) is 0 Å². The molecule has 0 saturated carbocycles. The average Bonchev–Trinajstić information content (AvgIpc) is 3.99. The van der Waals surface area contributed by atoms with Crippen LogP contribution in [0.1, 0.15) is 22.3 Å². The summed E-state index contributed by atoms with van der Waals surface area (Å²) in [7, 11) is 0. The molecule has 1 aliphatic rings. The van der Waals surface area contributed by atoms with Crippen molar-refractivity contribution in [2.24, 2.45) is 0 Å². The molecule has 2 heteroatoms. The van der Waals surface area contributed by atoms with Crippen molar-refractivity contribution in [1.82, 2.24) is 0 Å². The molecular weight excluding hydrogens is 883 g/mol. The van der Waals surface area contributed by atoms with E-state index < -0.39 is 5.41 Å².